The van der Waals surface area contributed by atoms with E-state index in [2.05, 4.69) is 36.7 Å². The van der Waals surface area contributed by atoms with Gasteiger partial charge in [-0.1, -0.05) is 27.7 Å². The lowest BCUT2D eigenvalue weighted by Crippen LogP contribution is -2.25. The Morgan fingerprint density at radius 2 is 2.00 bits per heavy atom. The molecule has 0 saturated carbocycles. The molecule has 3 heteroatoms. The lowest BCUT2D eigenvalue weighted by Gasteiger charge is -2.25. The molecule has 0 bridgehead atoms. The first-order valence-electron chi connectivity index (χ1n) is 5.03. The summed E-state index contributed by atoms with van der Waals surface area (Å²) in [6.45, 7) is 10.3. The SMILES string of the molecule is Cc1cc(C(=O)C(C)C(C)(C)C)sc1Br. The Morgan fingerprint density at radius 1 is 1.47 bits per heavy atom. The molecule has 1 nitrogen and oxygen atoms in total. The largest absolute Gasteiger partial charge is 0.293 e. The number of thiophene rings is 1. The molecular formula is C12H17BrOS. The van der Waals surface area contributed by atoms with Crippen LogP contribution in [0.15, 0.2) is 9.85 Å². The maximum absolute atomic E-state index is 12.1. The van der Waals surface area contributed by atoms with Crippen LogP contribution in [-0.2, 0) is 0 Å². The highest BCUT2D eigenvalue weighted by Gasteiger charge is 2.28. The molecule has 0 amide bonds. The van der Waals surface area contributed by atoms with Gasteiger partial charge in [0.2, 0.25) is 0 Å². The fourth-order valence-corrected chi connectivity index (χ4v) is 2.75. The van der Waals surface area contributed by atoms with Gasteiger partial charge in [-0.15, -0.1) is 11.3 Å². The van der Waals surface area contributed by atoms with E-state index >= 15 is 0 Å². The first-order chi connectivity index (χ1) is 6.73. The van der Waals surface area contributed by atoms with Crippen molar-refractivity contribution in [2.45, 2.75) is 34.6 Å². The molecule has 1 atom stereocenters. The van der Waals surface area contributed by atoms with Gasteiger partial charge in [-0.05, 0) is 39.9 Å². The van der Waals surface area contributed by atoms with E-state index in [4.69, 9.17) is 0 Å². The number of Topliss-reactive ketones (excluding diaryl/α,β-unsaturated/α-hetero) is 1. The number of aryl methyl sites for hydroxylation is 1. The molecule has 0 aliphatic heterocycles. The Hall–Kier alpha value is -0.150. The summed E-state index contributed by atoms with van der Waals surface area (Å²) in [6, 6.07) is 1.97. The van der Waals surface area contributed by atoms with Crippen LogP contribution in [0.1, 0.15) is 42.9 Å². The summed E-state index contributed by atoms with van der Waals surface area (Å²) in [5.74, 6) is 0.309. The number of hydrogen-bond donors (Lipinski definition) is 0. The lowest BCUT2D eigenvalue weighted by molar-refractivity contribution is 0.0844. The third-order valence-corrected chi connectivity index (χ3v) is 4.94. The van der Waals surface area contributed by atoms with Crippen molar-refractivity contribution in [2.24, 2.45) is 11.3 Å². The summed E-state index contributed by atoms with van der Waals surface area (Å²) in [5, 5.41) is 0. The molecule has 1 aromatic rings. The molecule has 84 valence electrons. The van der Waals surface area contributed by atoms with Gasteiger partial charge in [-0.3, -0.25) is 4.79 Å². The van der Waals surface area contributed by atoms with Crippen LogP contribution >= 0.6 is 27.3 Å². The van der Waals surface area contributed by atoms with E-state index in [1.54, 1.807) is 0 Å². The molecule has 0 N–H and O–H groups in total. The van der Waals surface area contributed by atoms with E-state index in [9.17, 15) is 4.79 Å². The normalized spacial score (nSPS) is 14.0. The number of halogens is 1. The topological polar surface area (TPSA) is 17.1 Å². The van der Waals surface area contributed by atoms with Crippen LogP contribution < -0.4 is 0 Å². The number of carbonyl (C=O) groups is 1. The van der Waals surface area contributed by atoms with Gasteiger partial charge < -0.3 is 0 Å². The van der Waals surface area contributed by atoms with Crippen molar-refractivity contribution in [1.29, 1.82) is 0 Å². The van der Waals surface area contributed by atoms with Gasteiger partial charge in [0.15, 0.2) is 5.78 Å². The molecule has 1 unspecified atom stereocenters. The molecular weight excluding hydrogens is 272 g/mol. The Labute approximate surface area is 104 Å². The van der Waals surface area contributed by atoms with Crippen molar-refractivity contribution in [1.82, 2.24) is 0 Å². The zero-order valence-corrected chi connectivity index (χ0v) is 12.3. The molecule has 1 aromatic heterocycles. The second kappa shape index (κ2) is 4.38. The fraction of sp³-hybridized carbons (Fsp3) is 0.583. The molecule has 1 heterocycles. The van der Waals surface area contributed by atoms with E-state index in [1.807, 2.05) is 19.9 Å². The average Bonchev–Trinajstić information content (AvgIpc) is 2.43. The molecule has 0 radical (unpaired) electrons. The van der Waals surface area contributed by atoms with Gasteiger partial charge in [0.05, 0.1) is 8.66 Å². The maximum Gasteiger partial charge on any atom is 0.176 e. The predicted octanol–water partition coefficient (Wildman–Crippen LogP) is 4.68. The van der Waals surface area contributed by atoms with Gasteiger partial charge in [-0.25, -0.2) is 0 Å². The minimum atomic E-state index is 0.0292. The number of ketones is 1. The maximum atomic E-state index is 12.1. The van der Waals surface area contributed by atoms with Crippen LogP contribution in [0, 0.1) is 18.3 Å². The van der Waals surface area contributed by atoms with Crippen LogP contribution in [0.4, 0.5) is 0 Å². The zero-order valence-electron chi connectivity index (χ0n) is 9.85. The summed E-state index contributed by atoms with van der Waals surface area (Å²) in [4.78, 5) is 13.0. The second-order valence-electron chi connectivity index (χ2n) is 5.02. The average molecular weight is 289 g/mol. The van der Waals surface area contributed by atoms with E-state index in [0.29, 0.717) is 0 Å². The quantitative estimate of drug-likeness (QED) is 0.722. The Morgan fingerprint density at radius 3 is 2.33 bits per heavy atom. The summed E-state index contributed by atoms with van der Waals surface area (Å²) in [5.41, 5.74) is 1.17. The standard InChI is InChI=1S/C12H17BrOS/c1-7-6-9(15-11(7)13)10(14)8(2)12(3,4)5/h6,8H,1-5H3. The van der Waals surface area contributed by atoms with Crippen molar-refractivity contribution < 1.29 is 4.79 Å². The minimum absolute atomic E-state index is 0.0292. The van der Waals surface area contributed by atoms with Crippen molar-refractivity contribution in [2.75, 3.05) is 0 Å². The van der Waals surface area contributed by atoms with Crippen LogP contribution in [0.5, 0.6) is 0 Å². The Kier molecular flexibility index (Phi) is 3.77. The summed E-state index contributed by atoms with van der Waals surface area (Å²) >= 11 is 4.98. The smallest absolute Gasteiger partial charge is 0.176 e. The van der Waals surface area contributed by atoms with Gasteiger partial charge >= 0.3 is 0 Å². The molecule has 15 heavy (non-hydrogen) atoms. The third-order valence-electron chi connectivity index (χ3n) is 2.79. The van der Waals surface area contributed by atoms with Crippen molar-refractivity contribution in [3.8, 4) is 0 Å². The number of carbonyl (C=O) groups excluding carboxylic acids is 1. The van der Waals surface area contributed by atoms with E-state index in [1.165, 1.54) is 11.3 Å². The monoisotopic (exact) mass is 288 g/mol. The minimum Gasteiger partial charge on any atom is -0.293 e. The number of hydrogen-bond acceptors (Lipinski definition) is 2. The lowest BCUT2D eigenvalue weighted by atomic mass is 9.79. The van der Waals surface area contributed by atoms with Gasteiger partial charge in [-0.2, -0.15) is 0 Å². The van der Waals surface area contributed by atoms with Crippen LogP contribution in [0.25, 0.3) is 0 Å². The van der Waals surface area contributed by atoms with Crippen LogP contribution in [0.2, 0.25) is 0 Å². The van der Waals surface area contributed by atoms with Crippen molar-refractivity contribution in [3.05, 3.63) is 20.3 Å². The molecule has 0 aliphatic carbocycles. The van der Waals surface area contributed by atoms with Crippen molar-refractivity contribution in [3.63, 3.8) is 0 Å². The first-order valence-corrected chi connectivity index (χ1v) is 6.64. The van der Waals surface area contributed by atoms with Crippen molar-refractivity contribution >= 4 is 33.0 Å². The molecule has 0 spiro atoms. The predicted molar refractivity (Wildman–Crippen MR) is 69.7 cm³/mol. The molecule has 0 fully saturated rings. The molecule has 0 aromatic carbocycles. The summed E-state index contributed by atoms with van der Waals surface area (Å²) in [7, 11) is 0. The third kappa shape index (κ3) is 2.91. The second-order valence-corrected chi connectivity index (χ2v) is 7.39. The van der Waals surface area contributed by atoms with Gasteiger partial charge in [0.25, 0.3) is 0 Å². The van der Waals surface area contributed by atoms with Crippen LogP contribution in [-0.4, -0.2) is 5.78 Å². The highest BCUT2D eigenvalue weighted by Crippen LogP contribution is 2.33. The van der Waals surface area contributed by atoms with E-state index in [-0.39, 0.29) is 17.1 Å². The highest BCUT2D eigenvalue weighted by molar-refractivity contribution is 9.11. The van der Waals surface area contributed by atoms with Gasteiger partial charge in [0.1, 0.15) is 0 Å². The fourth-order valence-electron chi connectivity index (χ4n) is 1.19. The van der Waals surface area contributed by atoms with Gasteiger partial charge in [0, 0.05) is 5.92 Å². The molecule has 0 saturated heterocycles. The van der Waals surface area contributed by atoms with E-state index in [0.717, 1.165) is 14.2 Å². The molecule has 0 aliphatic rings. The van der Waals surface area contributed by atoms with E-state index < -0.39 is 0 Å². The zero-order chi connectivity index (χ0) is 11.8. The first kappa shape index (κ1) is 12.9. The summed E-state index contributed by atoms with van der Waals surface area (Å²) < 4.78 is 1.06. The number of rotatable bonds is 2. The Bertz CT molecular complexity index is 354. The summed E-state index contributed by atoms with van der Waals surface area (Å²) in [6.07, 6.45) is 0. The van der Waals surface area contributed by atoms with Crippen LogP contribution in [0.3, 0.4) is 0 Å². The Balaban J connectivity index is 2.95. The molecule has 1 rings (SSSR count). The highest BCUT2D eigenvalue weighted by atomic mass is 79.9.